The zero-order valence-corrected chi connectivity index (χ0v) is 8.86. The third kappa shape index (κ3) is 8.90. The summed E-state index contributed by atoms with van der Waals surface area (Å²) in [6.07, 6.45) is 2.75. The molecule has 1 rings (SSSR count). The molecule has 1 aromatic rings. The number of aromatic nitrogens is 1. The van der Waals surface area contributed by atoms with E-state index in [4.69, 9.17) is 9.90 Å². The number of carbonyl (C=O) groups excluding carboxylic acids is 2. The molecule has 7 heteroatoms. The maximum atomic E-state index is 10.0. The molecule has 2 N–H and O–H groups in total. The maximum Gasteiger partial charge on any atom is 2.00 e. The van der Waals surface area contributed by atoms with E-state index in [1.165, 1.54) is 18.5 Å². The average Bonchev–Trinajstić information content (AvgIpc) is 2.20. The Balaban J connectivity index is 0. The van der Waals surface area contributed by atoms with Crippen molar-refractivity contribution in [2.24, 2.45) is 5.73 Å². The number of rotatable bonds is 2. The van der Waals surface area contributed by atoms with Crippen LogP contribution in [0, 0.1) is 0 Å². The largest absolute Gasteiger partial charge is 2.00 e. The Kier molecular flexibility index (Phi) is 9.78. The summed E-state index contributed by atoms with van der Waals surface area (Å²) in [7, 11) is 0. The molecular formula is C8H8CrN2O4. The van der Waals surface area contributed by atoms with Gasteiger partial charge in [0.2, 0.25) is 0 Å². The maximum absolute atomic E-state index is 10.0. The summed E-state index contributed by atoms with van der Waals surface area (Å²) in [4.78, 5) is 22.8. The number of hydrogen-bond acceptors (Lipinski definition) is 6. The van der Waals surface area contributed by atoms with Crippen molar-refractivity contribution >= 4 is 11.9 Å². The van der Waals surface area contributed by atoms with Crippen LogP contribution in [0.25, 0.3) is 0 Å². The van der Waals surface area contributed by atoms with Crippen molar-refractivity contribution in [2.45, 2.75) is 0 Å². The number of hydrogen-bond donors (Lipinski definition) is 1. The summed E-state index contributed by atoms with van der Waals surface area (Å²) in [6, 6.07) is 2.98. The molecule has 0 aliphatic rings. The smallest absolute Gasteiger partial charge is 0.549 e. The number of nitrogens with zero attached hydrogens (tertiary/aromatic N) is 1. The molecule has 0 saturated heterocycles. The van der Waals surface area contributed by atoms with Gasteiger partial charge >= 0.3 is 17.4 Å². The van der Waals surface area contributed by atoms with Gasteiger partial charge in [-0.25, -0.2) is 0 Å². The fourth-order valence-corrected chi connectivity index (χ4v) is 0.484. The van der Waals surface area contributed by atoms with Gasteiger partial charge < -0.3 is 25.5 Å². The zero-order chi connectivity index (χ0) is 11.0. The van der Waals surface area contributed by atoms with Crippen molar-refractivity contribution in [3.63, 3.8) is 0 Å². The van der Waals surface area contributed by atoms with Crippen LogP contribution in [0.2, 0.25) is 0 Å². The van der Waals surface area contributed by atoms with Gasteiger partial charge in [0, 0.05) is 24.5 Å². The second kappa shape index (κ2) is 9.15. The van der Waals surface area contributed by atoms with Gasteiger partial charge in [-0.15, -0.1) is 0 Å². The molecule has 1 aromatic heterocycles. The summed E-state index contributed by atoms with van der Waals surface area (Å²) in [5, 5.41) is 19.2. The van der Waals surface area contributed by atoms with Crippen LogP contribution in [0.3, 0.4) is 0 Å². The third-order valence-electron chi connectivity index (χ3n) is 1.06. The van der Waals surface area contributed by atoms with Crippen molar-refractivity contribution in [3.8, 4) is 0 Å². The van der Waals surface area contributed by atoms with Gasteiger partial charge in [0.1, 0.15) is 0 Å². The first-order chi connectivity index (χ1) is 6.57. The first-order valence-electron chi connectivity index (χ1n) is 3.59. The number of pyridine rings is 1. The quantitative estimate of drug-likeness (QED) is 0.601. The monoisotopic (exact) mass is 248 g/mol. The number of aromatic carboxylic acids is 1. The van der Waals surface area contributed by atoms with Gasteiger partial charge in [-0.1, -0.05) is 6.07 Å². The van der Waals surface area contributed by atoms with E-state index in [1.54, 1.807) is 6.07 Å². The van der Waals surface area contributed by atoms with Crippen LogP contribution in [0.4, 0.5) is 0 Å². The molecule has 6 nitrogen and oxygen atoms in total. The van der Waals surface area contributed by atoms with Crippen molar-refractivity contribution in [3.05, 3.63) is 30.1 Å². The van der Waals surface area contributed by atoms with Crippen LogP contribution in [0.5, 0.6) is 0 Å². The second-order valence-electron chi connectivity index (χ2n) is 2.11. The van der Waals surface area contributed by atoms with Crippen molar-refractivity contribution in [2.75, 3.05) is 6.54 Å². The predicted octanol–water partition coefficient (Wildman–Crippen LogP) is -2.86. The van der Waals surface area contributed by atoms with Gasteiger partial charge in [-0.2, -0.15) is 0 Å². The Bertz CT molecular complexity index is 305. The summed E-state index contributed by atoms with van der Waals surface area (Å²) in [6.45, 7) is -0.389. The topological polar surface area (TPSA) is 119 Å². The Morgan fingerprint density at radius 2 is 1.93 bits per heavy atom. The van der Waals surface area contributed by atoms with E-state index < -0.39 is 11.9 Å². The van der Waals surface area contributed by atoms with Crippen LogP contribution in [0.1, 0.15) is 10.4 Å². The van der Waals surface area contributed by atoms with Gasteiger partial charge in [-0.05, 0) is 6.07 Å². The van der Waals surface area contributed by atoms with Crippen LogP contribution in [-0.4, -0.2) is 23.5 Å². The number of carboxylic acids is 2. The van der Waals surface area contributed by atoms with E-state index in [2.05, 4.69) is 10.7 Å². The van der Waals surface area contributed by atoms with Crippen LogP contribution in [-0.2, 0) is 22.2 Å². The molecular weight excluding hydrogens is 240 g/mol. The van der Waals surface area contributed by atoms with Gasteiger partial charge in [0.05, 0.1) is 11.9 Å². The average molecular weight is 248 g/mol. The Labute approximate surface area is 96.9 Å². The first kappa shape index (κ1) is 16.0. The van der Waals surface area contributed by atoms with Crippen LogP contribution in [0.15, 0.2) is 24.5 Å². The van der Waals surface area contributed by atoms with E-state index in [1.807, 2.05) is 0 Å². The molecule has 0 fully saturated rings. The second-order valence-corrected chi connectivity index (χ2v) is 2.11. The number of nitrogens with two attached hydrogens (primary N) is 1. The molecule has 0 aromatic carbocycles. The zero-order valence-electron chi connectivity index (χ0n) is 7.58. The minimum absolute atomic E-state index is 0. The number of carbonyl (C=O) groups is 2. The van der Waals surface area contributed by atoms with E-state index in [0.717, 1.165) is 0 Å². The molecule has 0 unspecified atom stereocenters. The SMILES string of the molecule is NCC(=O)[O-].O=C([O-])c1cccnc1.[Cr+2]. The summed E-state index contributed by atoms with van der Waals surface area (Å²) < 4.78 is 0. The molecule has 0 aliphatic carbocycles. The minimum Gasteiger partial charge on any atom is -0.549 e. The van der Waals surface area contributed by atoms with E-state index >= 15 is 0 Å². The van der Waals surface area contributed by atoms with Crippen molar-refractivity contribution < 1.29 is 37.2 Å². The van der Waals surface area contributed by atoms with Crippen LogP contribution >= 0.6 is 0 Å². The molecule has 0 bridgehead atoms. The fraction of sp³-hybridized carbons (Fsp3) is 0.125. The molecule has 15 heavy (non-hydrogen) atoms. The van der Waals surface area contributed by atoms with Crippen molar-refractivity contribution in [1.82, 2.24) is 4.98 Å². The first-order valence-corrected chi connectivity index (χ1v) is 3.59. The molecule has 0 saturated carbocycles. The Morgan fingerprint density at radius 3 is 2.13 bits per heavy atom. The summed E-state index contributed by atoms with van der Waals surface area (Å²) >= 11 is 0. The van der Waals surface area contributed by atoms with E-state index in [9.17, 15) is 9.90 Å². The molecule has 0 radical (unpaired) electrons. The Morgan fingerprint density at radius 1 is 1.40 bits per heavy atom. The summed E-state index contributed by atoms with van der Waals surface area (Å²) in [5.74, 6) is -2.41. The molecule has 0 atom stereocenters. The molecule has 0 spiro atoms. The molecule has 1 heterocycles. The molecule has 0 amide bonds. The summed E-state index contributed by atoms with van der Waals surface area (Å²) in [5.41, 5.74) is 4.62. The fourth-order valence-electron chi connectivity index (χ4n) is 0.484. The van der Waals surface area contributed by atoms with Gasteiger partial charge in [0.15, 0.2) is 0 Å². The third-order valence-corrected chi connectivity index (χ3v) is 1.06. The van der Waals surface area contributed by atoms with Crippen molar-refractivity contribution in [1.29, 1.82) is 0 Å². The number of aliphatic carboxylic acids is 1. The standard InChI is InChI=1S/C6H5NO2.C2H5NO2.Cr/c8-6(9)5-2-1-3-7-4-5;3-1-2(4)5;/h1-4H,(H,8,9);1,3H2,(H,4,5);/q;;+2/p-2. The molecule has 0 aliphatic heterocycles. The Hall–Kier alpha value is -1.42. The predicted molar refractivity (Wildman–Crippen MR) is 42.6 cm³/mol. The van der Waals surface area contributed by atoms with E-state index in [-0.39, 0.29) is 29.5 Å². The van der Waals surface area contributed by atoms with Gasteiger partial charge in [-0.3, -0.25) is 4.98 Å². The number of carboxylic acid groups (broad SMARTS) is 2. The molecule has 80 valence electrons. The normalized spacial score (nSPS) is 7.80. The van der Waals surface area contributed by atoms with Gasteiger partial charge in [0.25, 0.3) is 0 Å². The van der Waals surface area contributed by atoms with Crippen LogP contribution < -0.4 is 15.9 Å². The minimum atomic E-state index is -1.22. The van der Waals surface area contributed by atoms with E-state index in [0.29, 0.717) is 0 Å².